The number of aryl methyl sites for hydroxylation is 1. The van der Waals surface area contributed by atoms with Crippen molar-refractivity contribution in [2.75, 3.05) is 25.0 Å². The first-order valence-corrected chi connectivity index (χ1v) is 9.41. The molecule has 2 heterocycles. The zero-order chi connectivity index (χ0) is 18.4. The number of benzene rings is 1. The summed E-state index contributed by atoms with van der Waals surface area (Å²) in [6.45, 7) is 6.14. The molecule has 0 atom stereocenters. The van der Waals surface area contributed by atoms with Crippen LogP contribution in [0.2, 0.25) is 0 Å². The number of aromatic nitrogens is 2. The molecule has 0 spiro atoms. The van der Waals surface area contributed by atoms with Crippen LogP contribution in [-0.4, -0.2) is 35.9 Å². The molecule has 1 aliphatic rings. The van der Waals surface area contributed by atoms with Crippen molar-refractivity contribution in [2.45, 2.75) is 32.9 Å². The second-order valence-electron chi connectivity index (χ2n) is 7.06. The van der Waals surface area contributed by atoms with Crippen molar-refractivity contribution in [3.63, 3.8) is 0 Å². The molecule has 2 aromatic rings. The molecule has 1 aromatic heterocycles. The summed E-state index contributed by atoms with van der Waals surface area (Å²) in [6.07, 6.45) is 4.39. The highest BCUT2D eigenvalue weighted by Gasteiger charge is 2.15. The third kappa shape index (κ3) is 4.77. The van der Waals surface area contributed by atoms with Gasteiger partial charge in [0.1, 0.15) is 0 Å². The van der Waals surface area contributed by atoms with Gasteiger partial charge in [-0.2, -0.15) is 5.10 Å². The fourth-order valence-corrected chi connectivity index (χ4v) is 3.25. The fourth-order valence-electron chi connectivity index (χ4n) is 3.25. The molecule has 0 unspecified atom stereocenters. The van der Waals surface area contributed by atoms with Crippen LogP contribution in [-0.2, 0) is 20.1 Å². The van der Waals surface area contributed by atoms with Crippen LogP contribution >= 0.6 is 0 Å². The molecule has 6 heteroatoms. The maximum Gasteiger partial charge on any atom is 0.191 e. The summed E-state index contributed by atoms with van der Waals surface area (Å²) in [4.78, 5) is 6.78. The van der Waals surface area contributed by atoms with Gasteiger partial charge >= 0.3 is 0 Å². The molecule has 0 bridgehead atoms. The number of hydrogen-bond donors (Lipinski definition) is 2. The van der Waals surface area contributed by atoms with E-state index in [0.717, 1.165) is 24.1 Å². The summed E-state index contributed by atoms with van der Waals surface area (Å²) in [7, 11) is 3.73. The van der Waals surface area contributed by atoms with Gasteiger partial charge in [-0.1, -0.05) is 19.1 Å². The molecule has 1 aromatic carbocycles. The topological polar surface area (TPSA) is 57.5 Å². The van der Waals surface area contributed by atoms with Crippen LogP contribution in [0, 0.1) is 5.92 Å². The third-order valence-corrected chi connectivity index (χ3v) is 5.13. The fraction of sp³-hybridized carbons (Fsp3) is 0.500. The Kier molecular flexibility index (Phi) is 6.15. The van der Waals surface area contributed by atoms with Gasteiger partial charge in [0.25, 0.3) is 0 Å². The second kappa shape index (κ2) is 8.74. The third-order valence-electron chi connectivity index (χ3n) is 5.13. The number of rotatable bonds is 5. The van der Waals surface area contributed by atoms with Gasteiger partial charge < -0.3 is 15.5 Å². The zero-order valence-electron chi connectivity index (χ0n) is 16.1. The van der Waals surface area contributed by atoms with E-state index in [9.17, 15) is 0 Å². The van der Waals surface area contributed by atoms with Crippen LogP contribution in [0.15, 0.2) is 41.5 Å². The van der Waals surface area contributed by atoms with E-state index in [0.29, 0.717) is 6.54 Å². The number of piperidine rings is 1. The normalized spacial score (nSPS) is 16.0. The van der Waals surface area contributed by atoms with Crippen LogP contribution in [0.3, 0.4) is 0 Å². The largest absolute Gasteiger partial charge is 0.372 e. The van der Waals surface area contributed by atoms with Gasteiger partial charge in [-0.15, -0.1) is 0 Å². The molecule has 2 N–H and O–H groups in total. The Bertz CT molecular complexity index is 710. The second-order valence-corrected chi connectivity index (χ2v) is 7.06. The molecule has 140 valence electrons. The highest BCUT2D eigenvalue weighted by atomic mass is 15.3. The maximum atomic E-state index is 4.29. The number of guanidine groups is 1. The first-order valence-electron chi connectivity index (χ1n) is 9.41. The van der Waals surface area contributed by atoms with Crippen molar-refractivity contribution >= 4 is 11.6 Å². The van der Waals surface area contributed by atoms with Crippen LogP contribution in [0.25, 0.3) is 0 Å². The lowest BCUT2D eigenvalue weighted by Crippen LogP contribution is -2.36. The standard InChI is InChI=1S/C20H30N6/c1-16-9-12-26(13-10-16)18-6-4-17(5-7-18)14-22-20(21-2)23-15-19-8-11-24-25(19)3/h4-8,11,16H,9-10,12-15H2,1-3H3,(H2,21,22,23). The molecule has 0 amide bonds. The van der Waals surface area contributed by atoms with E-state index in [1.165, 1.54) is 37.2 Å². The van der Waals surface area contributed by atoms with E-state index < -0.39 is 0 Å². The minimum atomic E-state index is 0.697. The minimum Gasteiger partial charge on any atom is -0.372 e. The molecule has 3 rings (SSSR count). The summed E-state index contributed by atoms with van der Waals surface area (Å²) < 4.78 is 1.86. The lowest BCUT2D eigenvalue weighted by atomic mass is 9.99. The van der Waals surface area contributed by atoms with E-state index in [4.69, 9.17) is 0 Å². The Labute approximate surface area is 156 Å². The van der Waals surface area contributed by atoms with Gasteiger partial charge in [0.05, 0.1) is 12.2 Å². The molecular weight excluding hydrogens is 324 g/mol. The van der Waals surface area contributed by atoms with Gasteiger partial charge in [-0.25, -0.2) is 0 Å². The quantitative estimate of drug-likeness (QED) is 0.640. The molecule has 1 saturated heterocycles. The van der Waals surface area contributed by atoms with E-state index >= 15 is 0 Å². The van der Waals surface area contributed by atoms with Crippen LogP contribution in [0.5, 0.6) is 0 Å². The van der Waals surface area contributed by atoms with Crippen LogP contribution in [0.1, 0.15) is 31.0 Å². The Morgan fingerprint density at radius 3 is 2.42 bits per heavy atom. The van der Waals surface area contributed by atoms with Crippen LogP contribution < -0.4 is 15.5 Å². The van der Waals surface area contributed by atoms with Crippen LogP contribution in [0.4, 0.5) is 5.69 Å². The minimum absolute atomic E-state index is 0.697. The van der Waals surface area contributed by atoms with Gasteiger partial charge in [-0.05, 0) is 42.5 Å². The SMILES string of the molecule is CN=C(NCc1ccc(N2CCC(C)CC2)cc1)NCc1ccnn1C. The summed E-state index contributed by atoms with van der Waals surface area (Å²) >= 11 is 0. The Balaban J connectivity index is 1.48. The van der Waals surface area contributed by atoms with E-state index in [1.54, 1.807) is 13.2 Å². The number of hydrogen-bond acceptors (Lipinski definition) is 3. The van der Waals surface area contributed by atoms with Crippen molar-refractivity contribution in [3.8, 4) is 0 Å². The number of nitrogens with one attached hydrogen (secondary N) is 2. The number of anilines is 1. The van der Waals surface area contributed by atoms with E-state index in [1.807, 2.05) is 17.8 Å². The summed E-state index contributed by atoms with van der Waals surface area (Å²) in [5.74, 6) is 1.65. The first kappa shape index (κ1) is 18.3. The maximum absolute atomic E-state index is 4.29. The average molecular weight is 355 g/mol. The highest BCUT2D eigenvalue weighted by molar-refractivity contribution is 5.79. The highest BCUT2D eigenvalue weighted by Crippen LogP contribution is 2.23. The van der Waals surface area contributed by atoms with Crippen molar-refractivity contribution in [3.05, 3.63) is 47.8 Å². The van der Waals surface area contributed by atoms with E-state index in [2.05, 4.69) is 56.8 Å². The number of nitrogens with zero attached hydrogens (tertiary/aromatic N) is 4. The molecule has 1 fully saturated rings. The molecule has 1 aliphatic heterocycles. The van der Waals surface area contributed by atoms with Crippen molar-refractivity contribution in [1.82, 2.24) is 20.4 Å². The average Bonchev–Trinajstić information content (AvgIpc) is 3.08. The Morgan fingerprint density at radius 2 is 1.81 bits per heavy atom. The smallest absolute Gasteiger partial charge is 0.191 e. The number of aliphatic imine (C=N–C) groups is 1. The molecule has 6 nitrogen and oxygen atoms in total. The van der Waals surface area contributed by atoms with Crippen molar-refractivity contribution in [2.24, 2.45) is 18.0 Å². The molecule has 26 heavy (non-hydrogen) atoms. The summed E-state index contributed by atoms with van der Waals surface area (Å²) in [5, 5.41) is 10.9. The van der Waals surface area contributed by atoms with Gasteiger partial charge in [0.2, 0.25) is 0 Å². The van der Waals surface area contributed by atoms with E-state index in [-0.39, 0.29) is 0 Å². The Morgan fingerprint density at radius 1 is 1.12 bits per heavy atom. The molecule has 0 radical (unpaired) electrons. The molecule has 0 aliphatic carbocycles. The summed E-state index contributed by atoms with van der Waals surface area (Å²) in [6, 6.07) is 10.9. The predicted octanol–water partition coefficient (Wildman–Crippen LogP) is 2.52. The molecule has 0 saturated carbocycles. The van der Waals surface area contributed by atoms with Crippen molar-refractivity contribution in [1.29, 1.82) is 0 Å². The lowest BCUT2D eigenvalue weighted by molar-refractivity contribution is 0.438. The first-order chi connectivity index (χ1) is 12.7. The zero-order valence-corrected chi connectivity index (χ0v) is 16.1. The molecular formula is C20H30N6. The predicted molar refractivity (Wildman–Crippen MR) is 107 cm³/mol. The lowest BCUT2D eigenvalue weighted by Gasteiger charge is -2.32. The Hall–Kier alpha value is -2.50. The monoisotopic (exact) mass is 354 g/mol. The van der Waals surface area contributed by atoms with Gasteiger partial charge in [0.15, 0.2) is 5.96 Å². The van der Waals surface area contributed by atoms with Gasteiger partial charge in [-0.3, -0.25) is 9.67 Å². The summed E-state index contributed by atoms with van der Waals surface area (Å²) in [5.41, 5.74) is 3.70. The van der Waals surface area contributed by atoms with Gasteiger partial charge in [0, 0.05) is 45.6 Å². The van der Waals surface area contributed by atoms with Crippen molar-refractivity contribution < 1.29 is 0 Å².